The van der Waals surface area contributed by atoms with Crippen molar-refractivity contribution in [1.82, 2.24) is 30.0 Å². The van der Waals surface area contributed by atoms with Crippen LogP contribution in [0, 0.1) is 12.8 Å². The van der Waals surface area contributed by atoms with Crippen LogP contribution in [-0.4, -0.2) is 60.9 Å². The molecule has 1 aliphatic heterocycles. The Bertz CT molecular complexity index is 1800. The molecule has 2 fully saturated rings. The first-order valence-electron chi connectivity index (χ1n) is 14.1. The van der Waals surface area contributed by atoms with Gasteiger partial charge >= 0.3 is 0 Å². The second-order valence-electron chi connectivity index (χ2n) is 11.2. The van der Waals surface area contributed by atoms with E-state index in [9.17, 15) is 18.8 Å². The summed E-state index contributed by atoms with van der Waals surface area (Å²) in [5.41, 5.74) is 3.41. The molecule has 220 valence electrons. The van der Waals surface area contributed by atoms with Crippen LogP contribution in [0.4, 0.5) is 4.39 Å². The van der Waals surface area contributed by atoms with Crippen molar-refractivity contribution >= 4 is 45.7 Å². The summed E-state index contributed by atoms with van der Waals surface area (Å²) in [4.78, 5) is 49.5. The van der Waals surface area contributed by atoms with Crippen molar-refractivity contribution in [2.45, 2.75) is 52.2 Å². The molecule has 2 aliphatic rings. The molecule has 3 atom stereocenters. The van der Waals surface area contributed by atoms with Crippen LogP contribution in [0.2, 0.25) is 5.02 Å². The molecule has 2 amide bonds. The number of hydrogen-bond acceptors (Lipinski definition) is 6. The SMILES string of the molecule is CC(=O)c1nn(CC(=O)N2[C@@H]3CC3C[C@H]2C(=O)NC/C(F)=C(/C)c2ccccc2Cl)c2ccc(-c3cnc(C)nc3)cc12. The van der Waals surface area contributed by atoms with Gasteiger partial charge in [-0.1, -0.05) is 35.9 Å². The summed E-state index contributed by atoms with van der Waals surface area (Å²) in [6.45, 7) is 4.42. The molecule has 0 radical (unpaired) electrons. The Kier molecular flexibility index (Phi) is 7.56. The number of aromatic nitrogens is 4. The second kappa shape index (κ2) is 11.3. The Morgan fingerprint density at radius 2 is 1.79 bits per heavy atom. The first kappa shape index (κ1) is 28.7. The number of nitrogens with zero attached hydrogens (tertiary/aromatic N) is 5. The molecule has 1 aliphatic carbocycles. The zero-order valence-electron chi connectivity index (χ0n) is 24.0. The number of likely N-dealkylation sites (tertiary alicyclic amines) is 1. The number of ketones is 1. The molecule has 1 saturated carbocycles. The lowest BCUT2D eigenvalue weighted by molar-refractivity contribution is -0.140. The topological polar surface area (TPSA) is 110 Å². The van der Waals surface area contributed by atoms with Gasteiger partial charge in [-0.15, -0.1) is 0 Å². The number of carbonyl (C=O) groups is 3. The maximum absolute atomic E-state index is 15.0. The summed E-state index contributed by atoms with van der Waals surface area (Å²) in [6.07, 6.45) is 4.79. The summed E-state index contributed by atoms with van der Waals surface area (Å²) < 4.78 is 16.5. The standard InChI is InChI=1S/C32H30ClFN6O3/c1-17(23-6-4-5-7-25(23)33)26(34)15-37-32(43)29-12-21-11-28(21)40(29)30(42)16-39-27-9-8-20(22-13-35-19(3)36-14-22)10-24(27)31(38-39)18(2)41/h4-10,13-14,21,28-29H,11-12,15-16H2,1-3H3,(H,37,43)/b26-17+/t21?,28-,29+/m1/s1. The summed E-state index contributed by atoms with van der Waals surface area (Å²) in [5, 5.41) is 8.21. The van der Waals surface area contributed by atoms with Gasteiger partial charge in [0.25, 0.3) is 0 Å². The van der Waals surface area contributed by atoms with E-state index < -0.39 is 17.8 Å². The fourth-order valence-electron chi connectivity index (χ4n) is 5.87. The third-order valence-electron chi connectivity index (χ3n) is 8.28. The number of benzene rings is 2. The Morgan fingerprint density at radius 1 is 1.05 bits per heavy atom. The first-order valence-corrected chi connectivity index (χ1v) is 14.5. The van der Waals surface area contributed by atoms with E-state index in [0.717, 1.165) is 17.5 Å². The summed E-state index contributed by atoms with van der Waals surface area (Å²) in [5.74, 6) is -0.506. The molecule has 1 N–H and O–H groups in total. The number of hydrogen-bond donors (Lipinski definition) is 1. The number of piperidine rings is 1. The number of aryl methyl sites for hydroxylation is 1. The van der Waals surface area contributed by atoms with Crippen molar-refractivity contribution in [3.8, 4) is 11.1 Å². The number of Topliss-reactive ketones (excluding diaryl/α,β-unsaturated/α-hetero) is 1. The normalized spacial score (nSPS) is 19.7. The molecule has 9 nitrogen and oxygen atoms in total. The summed E-state index contributed by atoms with van der Waals surface area (Å²) in [6, 6.07) is 11.7. The molecule has 2 aromatic carbocycles. The Morgan fingerprint density at radius 3 is 2.51 bits per heavy atom. The maximum Gasteiger partial charge on any atom is 0.245 e. The second-order valence-corrected chi connectivity index (χ2v) is 11.6. The average molecular weight is 601 g/mol. The molecular weight excluding hydrogens is 571 g/mol. The number of nitrogens with one attached hydrogen (secondary N) is 1. The lowest BCUT2D eigenvalue weighted by Gasteiger charge is -2.27. The minimum atomic E-state index is -0.702. The van der Waals surface area contributed by atoms with Crippen molar-refractivity contribution in [2.75, 3.05) is 6.54 Å². The predicted molar refractivity (Wildman–Crippen MR) is 161 cm³/mol. The van der Waals surface area contributed by atoms with Gasteiger partial charge in [0.1, 0.15) is 29.9 Å². The van der Waals surface area contributed by atoms with Gasteiger partial charge in [-0.2, -0.15) is 5.10 Å². The van der Waals surface area contributed by atoms with Crippen LogP contribution in [0.3, 0.4) is 0 Å². The van der Waals surface area contributed by atoms with E-state index in [4.69, 9.17) is 11.6 Å². The number of carbonyl (C=O) groups excluding carboxylic acids is 3. The fourth-order valence-corrected chi connectivity index (χ4v) is 6.14. The molecule has 6 rings (SSSR count). The largest absolute Gasteiger partial charge is 0.348 e. The van der Waals surface area contributed by atoms with Gasteiger partial charge in [0.2, 0.25) is 11.8 Å². The predicted octanol–water partition coefficient (Wildman–Crippen LogP) is 5.16. The van der Waals surface area contributed by atoms with Crippen LogP contribution in [0.5, 0.6) is 0 Å². The zero-order chi connectivity index (χ0) is 30.4. The van der Waals surface area contributed by atoms with Crippen LogP contribution in [0.1, 0.15) is 48.6 Å². The van der Waals surface area contributed by atoms with E-state index in [2.05, 4.69) is 20.4 Å². The van der Waals surface area contributed by atoms with E-state index in [0.29, 0.717) is 39.3 Å². The van der Waals surface area contributed by atoms with Gasteiger partial charge in [0.05, 0.1) is 12.1 Å². The number of rotatable bonds is 8. The zero-order valence-corrected chi connectivity index (χ0v) is 24.7. The highest BCUT2D eigenvalue weighted by molar-refractivity contribution is 6.32. The van der Waals surface area contributed by atoms with Crippen LogP contribution in [0.15, 0.2) is 60.7 Å². The number of halogens is 2. The molecule has 0 spiro atoms. The van der Waals surface area contributed by atoms with Crippen LogP contribution >= 0.6 is 11.6 Å². The summed E-state index contributed by atoms with van der Waals surface area (Å²) in [7, 11) is 0. The van der Waals surface area contributed by atoms with Crippen molar-refractivity contribution in [1.29, 1.82) is 0 Å². The first-order chi connectivity index (χ1) is 20.6. The highest BCUT2D eigenvalue weighted by atomic mass is 35.5. The highest BCUT2D eigenvalue weighted by Gasteiger charge is 2.56. The van der Waals surface area contributed by atoms with Gasteiger partial charge in [0.15, 0.2) is 5.78 Å². The van der Waals surface area contributed by atoms with Crippen LogP contribution in [-0.2, 0) is 16.1 Å². The van der Waals surface area contributed by atoms with E-state index in [1.165, 1.54) is 11.6 Å². The van der Waals surface area contributed by atoms with Gasteiger partial charge in [0, 0.05) is 41.3 Å². The average Bonchev–Trinajstić information content (AvgIpc) is 3.50. The van der Waals surface area contributed by atoms with E-state index in [1.807, 2.05) is 18.2 Å². The third-order valence-corrected chi connectivity index (χ3v) is 8.61. The van der Waals surface area contributed by atoms with Crippen LogP contribution < -0.4 is 5.32 Å². The molecule has 11 heteroatoms. The molecule has 1 saturated heterocycles. The quantitative estimate of drug-likeness (QED) is 0.280. The number of amides is 2. The smallest absolute Gasteiger partial charge is 0.245 e. The molecule has 0 bridgehead atoms. The molecule has 4 aromatic rings. The van der Waals surface area contributed by atoms with Crippen LogP contribution in [0.25, 0.3) is 27.6 Å². The number of fused-ring (bicyclic) bond motifs is 2. The monoisotopic (exact) mass is 600 g/mol. The molecular formula is C32H30ClFN6O3. The lowest BCUT2D eigenvalue weighted by Crippen LogP contribution is -2.49. The minimum Gasteiger partial charge on any atom is -0.348 e. The maximum atomic E-state index is 15.0. The van der Waals surface area contributed by atoms with Crippen molar-refractivity contribution in [3.05, 3.63) is 82.8 Å². The molecule has 2 aromatic heterocycles. The number of allylic oxidation sites excluding steroid dienone is 1. The Hall–Kier alpha value is -4.44. The third kappa shape index (κ3) is 5.54. The van der Waals surface area contributed by atoms with E-state index in [-0.39, 0.29) is 42.4 Å². The molecule has 1 unspecified atom stereocenters. The van der Waals surface area contributed by atoms with Crippen molar-refractivity contribution in [2.24, 2.45) is 5.92 Å². The Labute approximate surface area is 252 Å². The minimum absolute atomic E-state index is 0.0317. The Balaban J connectivity index is 1.20. The van der Waals surface area contributed by atoms with Crippen molar-refractivity contribution in [3.63, 3.8) is 0 Å². The van der Waals surface area contributed by atoms with Gasteiger partial charge in [-0.3, -0.25) is 19.1 Å². The highest BCUT2D eigenvalue weighted by Crippen LogP contribution is 2.48. The van der Waals surface area contributed by atoms with Gasteiger partial charge in [-0.05, 0) is 67.5 Å². The van der Waals surface area contributed by atoms with E-state index >= 15 is 0 Å². The molecule has 43 heavy (non-hydrogen) atoms. The fraction of sp³-hybridized carbons (Fsp3) is 0.312. The van der Waals surface area contributed by atoms with E-state index in [1.54, 1.807) is 55.4 Å². The van der Waals surface area contributed by atoms with Gasteiger partial charge in [-0.25, -0.2) is 14.4 Å². The van der Waals surface area contributed by atoms with Crippen molar-refractivity contribution < 1.29 is 18.8 Å². The van der Waals surface area contributed by atoms with Gasteiger partial charge < -0.3 is 10.2 Å². The lowest BCUT2D eigenvalue weighted by atomic mass is 10.0. The summed E-state index contributed by atoms with van der Waals surface area (Å²) >= 11 is 6.20. The molecule has 3 heterocycles.